The summed E-state index contributed by atoms with van der Waals surface area (Å²) in [4.78, 5) is 0. The molecule has 0 bridgehead atoms. The minimum Gasteiger partial charge on any atom is -0.392 e. The van der Waals surface area contributed by atoms with E-state index in [1.165, 1.54) is 0 Å². The van der Waals surface area contributed by atoms with Gasteiger partial charge in [0.15, 0.2) is 0 Å². The largest absolute Gasteiger partial charge is 0.392 e. The molecule has 0 aliphatic heterocycles. The average molecular weight is 215 g/mol. The van der Waals surface area contributed by atoms with Crippen LogP contribution in [0.3, 0.4) is 0 Å². The molecule has 0 radical (unpaired) electrons. The van der Waals surface area contributed by atoms with E-state index < -0.39 is 0 Å². The Labute approximate surface area is 95.5 Å². The van der Waals surface area contributed by atoms with Crippen LogP contribution in [-0.4, -0.2) is 24.3 Å². The minimum absolute atomic E-state index is 0.213. The number of nitrogens with one attached hydrogen (secondary N) is 1. The molecular formula is C13H29NO. The maximum absolute atomic E-state index is 9.75. The second-order valence-corrected chi connectivity index (χ2v) is 6.93. The molecule has 1 unspecified atom stereocenters. The van der Waals surface area contributed by atoms with Gasteiger partial charge in [0.1, 0.15) is 0 Å². The molecule has 2 nitrogen and oxygen atoms in total. The summed E-state index contributed by atoms with van der Waals surface area (Å²) >= 11 is 0. The molecule has 0 spiro atoms. The van der Waals surface area contributed by atoms with Crippen LogP contribution < -0.4 is 5.32 Å². The van der Waals surface area contributed by atoms with Gasteiger partial charge < -0.3 is 10.4 Å². The number of aliphatic hydroxyl groups excluding tert-OH is 1. The summed E-state index contributed by atoms with van der Waals surface area (Å²) in [6.45, 7) is 14.9. The Morgan fingerprint density at radius 2 is 1.53 bits per heavy atom. The van der Waals surface area contributed by atoms with Crippen LogP contribution in [0, 0.1) is 10.8 Å². The molecule has 0 saturated carbocycles. The van der Waals surface area contributed by atoms with Crippen molar-refractivity contribution >= 4 is 0 Å². The van der Waals surface area contributed by atoms with Gasteiger partial charge in [0.25, 0.3) is 0 Å². The monoisotopic (exact) mass is 215 g/mol. The average Bonchev–Trinajstić information content (AvgIpc) is 1.92. The third-order valence-corrected chi connectivity index (χ3v) is 2.28. The van der Waals surface area contributed by atoms with Gasteiger partial charge in [0.2, 0.25) is 0 Å². The van der Waals surface area contributed by atoms with Gasteiger partial charge in [0.05, 0.1) is 6.10 Å². The van der Waals surface area contributed by atoms with Gasteiger partial charge in [-0.05, 0) is 30.2 Å². The molecule has 0 aromatic rings. The SMILES string of the molecule is CC(C)(C)CCNCC(O)CC(C)(C)C. The number of hydrogen-bond donors (Lipinski definition) is 2. The first-order valence-corrected chi connectivity index (χ1v) is 5.99. The van der Waals surface area contributed by atoms with E-state index in [9.17, 15) is 5.11 Å². The Morgan fingerprint density at radius 1 is 1.00 bits per heavy atom. The topological polar surface area (TPSA) is 32.3 Å². The highest BCUT2D eigenvalue weighted by molar-refractivity contribution is 4.70. The van der Waals surface area contributed by atoms with Gasteiger partial charge >= 0.3 is 0 Å². The van der Waals surface area contributed by atoms with Crippen molar-refractivity contribution in [3.8, 4) is 0 Å². The molecule has 0 fully saturated rings. The molecular weight excluding hydrogens is 186 g/mol. The second-order valence-electron chi connectivity index (χ2n) is 6.93. The zero-order valence-electron chi connectivity index (χ0n) is 11.4. The van der Waals surface area contributed by atoms with Crippen LogP contribution in [-0.2, 0) is 0 Å². The molecule has 1 atom stereocenters. The van der Waals surface area contributed by atoms with Gasteiger partial charge in [-0.2, -0.15) is 0 Å². The van der Waals surface area contributed by atoms with Crippen molar-refractivity contribution in [2.45, 2.75) is 60.5 Å². The summed E-state index contributed by atoms with van der Waals surface area (Å²) in [6.07, 6.45) is 1.79. The predicted octanol–water partition coefficient (Wildman–Crippen LogP) is 2.81. The van der Waals surface area contributed by atoms with E-state index in [2.05, 4.69) is 46.9 Å². The highest BCUT2D eigenvalue weighted by Gasteiger charge is 2.16. The predicted molar refractivity (Wildman–Crippen MR) is 67.0 cm³/mol. The van der Waals surface area contributed by atoms with Gasteiger partial charge in [-0.25, -0.2) is 0 Å². The molecule has 0 heterocycles. The van der Waals surface area contributed by atoms with Crippen molar-refractivity contribution in [2.24, 2.45) is 10.8 Å². The molecule has 2 N–H and O–H groups in total. The van der Waals surface area contributed by atoms with Crippen LogP contribution in [0.4, 0.5) is 0 Å². The maximum atomic E-state index is 9.75. The Kier molecular flexibility index (Phi) is 5.82. The molecule has 0 saturated heterocycles. The van der Waals surface area contributed by atoms with E-state index in [0.717, 1.165) is 19.4 Å². The standard InChI is InChI=1S/C13H29NO/c1-12(2,3)7-8-14-10-11(15)9-13(4,5)6/h11,14-15H,7-10H2,1-6H3. The van der Waals surface area contributed by atoms with E-state index in [1.807, 2.05) is 0 Å². The van der Waals surface area contributed by atoms with Crippen molar-refractivity contribution in [3.63, 3.8) is 0 Å². The van der Waals surface area contributed by atoms with Crippen molar-refractivity contribution < 1.29 is 5.11 Å². The molecule has 0 aliphatic carbocycles. The summed E-state index contributed by atoms with van der Waals surface area (Å²) < 4.78 is 0. The third-order valence-electron chi connectivity index (χ3n) is 2.28. The Balaban J connectivity index is 3.52. The Bertz CT molecular complexity index is 164. The van der Waals surface area contributed by atoms with E-state index in [0.29, 0.717) is 12.0 Å². The highest BCUT2D eigenvalue weighted by atomic mass is 16.3. The summed E-state index contributed by atoms with van der Waals surface area (Å²) in [7, 11) is 0. The molecule has 0 aliphatic rings. The number of rotatable bonds is 5. The van der Waals surface area contributed by atoms with Gasteiger partial charge in [0, 0.05) is 6.54 Å². The first-order chi connectivity index (χ1) is 6.60. The van der Waals surface area contributed by atoms with E-state index in [-0.39, 0.29) is 11.5 Å². The summed E-state index contributed by atoms with van der Waals surface area (Å²) in [5.41, 5.74) is 0.590. The van der Waals surface area contributed by atoms with Crippen molar-refractivity contribution in [1.29, 1.82) is 0 Å². The fourth-order valence-electron chi connectivity index (χ4n) is 1.51. The lowest BCUT2D eigenvalue weighted by Gasteiger charge is -2.23. The summed E-state index contributed by atoms with van der Waals surface area (Å²) in [6, 6.07) is 0. The molecule has 0 rings (SSSR count). The molecule has 2 heteroatoms. The van der Waals surface area contributed by atoms with Crippen molar-refractivity contribution in [1.82, 2.24) is 5.32 Å². The number of hydrogen-bond acceptors (Lipinski definition) is 2. The van der Waals surface area contributed by atoms with Crippen molar-refractivity contribution in [2.75, 3.05) is 13.1 Å². The fourth-order valence-corrected chi connectivity index (χ4v) is 1.51. The van der Waals surface area contributed by atoms with Crippen LogP contribution in [0.2, 0.25) is 0 Å². The quantitative estimate of drug-likeness (QED) is 0.691. The highest BCUT2D eigenvalue weighted by Crippen LogP contribution is 2.20. The lowest BCUT2D eigenvalue weighted by molar-refractivity contribution is 0.119. The maximum Gasteiger partial charge on any atom is 0.0669 e. The second kappa shape index (κ2) is 5.86. The van der Waals surface area contributed by atoms with Crippen LogP contribution in [0.15, 0.2) is 0 Å². The Hall–Kier alpha value is -0.0800. The zero-order chi connectivity index (χ0) is 12.1. The van der Waals surface area contributed by atoms with Crippen LogP contribution >= 0.6 is 0 Å². The molecule has 92 valence electrons. The fraction of sp³-hybridized carbons (Fsp3) is 1.00. The molecule has 0 aromatic heterocycles. The van der Waals surface area contributed by atoms with E-state index >= 15 is 0 Å². The first kappa shape index (κ1) is 14.9. The van der Waals surface area contributed by atoms with Crippen LogP contribution in [0.5, 0.6) is 0 Å². The lowest BCUT2D eigenvalue weighted by atomic mass is 9.89. The number of aliphatic hydroxyl groups is 1. The van der Waals surface area contributed by atoms with Crippen LogP contribution in [0.25, 0.3) is 0 Å². The van der Waals surface area contributed by atoms with Crippen LogP contribution in [0.1, 0.15) is 54.4 Å². The van der Waals surface area contributed by atoms with Gasteiger partial charge in [-0.15, -0.1) is 0 Å². The molecule has 0 aromatic carbocycles. The lowest BCUT2D eigenvalue weighted by Crippen LogP contribution is -2.31. The third kappa shape index (κ3) is 11.8. The summed E-state index contributed by atoms with van der Waals surface area (Å²) in [5.74, 6) is 0. The smallest absolute Gasteiger partial charge is 0.0669 e. The molecule has 0 amide bonds. The van der Waals surface area contributed by atoms with Gasteiger partial charge in [-0.1, -0.05) is 41.5 Å². The van der Waals surface area contributed by atoms with E-state index in [1.54, 1.807) is 0 Å². The summed E-state index contributed by atoms with van der Waals surface area (Å²) in [5, 5.41) is 13.1. The van der Waals surface area contributed by atoms with E-state index in [4.69, 9.17) is 0 Å². The van der Waals surface area contributed by atoms with Gasteiger partial charge in [-0.3, -0.25) is 0 Å². The molecule has 15 heavy (non-hydrogen) atoms. The normalized spacial score (nSPS) is 15.4. The first-order valence-electron chi connectivity index (χ1n) is 5.99. The Morgan fingerprint density at radius 3 is 1.93 bits per heavy atom. The minimum atomic E-state index is -0.218. The zero-order valence-corrected chi connectivity index (χ0v) is 11.4. The van der Waals surface area contributed by atoms with Crippen molar-refractivity contribution in [3.05, 3.63) is 0 Å².